The average molecular weight is 281 g/mol. The van der Waals surface area contributed by atoms with Crippen molar-refractivity contribution in [2.24, 2.45) is 0 Å². The molecule has 3 N–H and O–H groups in total. The van der Waals surface area contributed by atoms with Crippen LogP contribution in [0.15, 0.2) is 30.3 Å². The van der Waals surface area contributed by atoms with E-state index in [1.807, 2.05) is 30.3 Å². The van der Waals surface area contributed by atoms with Crippen molar-refractivity contribution in [2.45, 2.75) is 32.1 Å². The molecular formula is C14H19NO5. The number of aliphatic carboxylic acids is 1. The predicted octanol–water partition coefficient (Wildman–Crippen LogP) is 0.543. The summed E-state index contributed by atoms with van der Waals surface area (Å²) in [5.74, 6) is -1.69. The second-order valence-electron chi connectivity index (χ2n) is 4.35. The molecule has 0 saturated heterocycles. The van der Waals surface area contributed by atoms with Crippen molar-refractivity contribution in [1.82, 2.24) is 5.32 Å². The summed E-state index contributed by atoms with van der Waals surface area (Å²) in [4.78, 5) is 22.6. The molecule has 0 spiro atoms. The van der Waals surface area contributed by atoms with E-state index in [9.17, 15) is 9.59 Å². The minimum Gasteiger partial charge on any atom is -0.480 e. The first-order chi connectivity index (χ1) is 9.54. The Bertz CT molecular complexity index is 434. The van der Waals surface area contributed by atoms with Crippen LogP contribution in [-0.4, -0.2) is 40.8 Å². The minimum atomic E-state index is -1.18. The number of carboxylic acids is 1. The van der Waals surface area contributed by atoms with Crippen LogP contribution in [0.4, 0.5) is 0 Å². The van der Waals surface area contributed by atoms with Gasteiger partial charge in [0.05, 0.1) is 6.61 Å². The van der Waals surface area contributed by atoms with E-state index in [1.54, 1.807) is 6.92 Å². The standard InChI is InChI=1S/C14H19NO5/c1-10(20-9-11-5-3-2-4-6-11)13(17)15-12(7-8-16)14(18)19/h2-6,10,12,16H,7-9H2,1H3,(H,15,17)(H,18,19). The van der Waals surface area contributed by atoms with E-state index in [0.717, 1.165) is 5.56 Å². The van der Waals surface area contributed by atoms with Crippen molar-refractivity contribution < 1.29 is 24.5 Å². The summed E-state index contributed by atoms with van der Waals surface area (Å²) in [5.41, 5.74) is 0.928. The largest absolute Gasteiger partial charge is 0.480 e. The van der Waals surface area contributed by atoms with Gasteiger partial charge in [-0.05, 0) is 12.5 Å². The number of carbonyl (C=O) groups is 2. The van der Waals surface area contributed by atoms with Crippen molar-refractivity contribution in [1.29, 1.82) is 0 Å². The van der Waals surface area contributed by atoms with E-state index < -0.39 is 24.0 Å². The zero-order valence-corrected chi connectivity index (χ0v) is 11.3. The van der Waals surface area contributed by atoms with E-state index in [4.69, 9.17) is 14.9 Å². The molecule has 6 nitrogen and oxygen atoms in total. The molecule has 0 aliphatic carbocycles. The highest BCUT2D eigenvalue weighted by Crippen LogP contribution is 2.04. The molecule has 110 valence electrons. The molecule has 1 rings (SSSR count). The molecule has 1 aromatic rings. The van der Waals surface area contributed by atoms with E-state index in [2.05, 4.69) is 5.32 Å². The van der Waals surface area contributed by atoms with Gasteiger partial charge in [0.15, 0.2) is 0 Å². The monoisotopic (exact) mass is 281 g/mol. The Hall–Kier alpha value is -1.92. The lowest BCUT2D eigenvalue weighted by Crippen LogP contribution is -2.45. The first kappa shape index (κ1) is 16.1. The molecule has 0 radical (unpaired) electrons. The highest BCUT2D eigenvalue weighted by atomic mass is 16.5. The van der Waals surface area contributed by atoms with Gasteiger partial charge in [-0.25, -0.2) is 4.79 Å². The molecule has 2 atom stereocenters. The summed E-state index contributed by atoms with van der Waals surface area (Å²) in [6.07, 6.45) is -0.803. The number of carbonyl (C=O) groups excluding carboxylic acids is 1. The van der Waals surface area contributed by atoms with Crippen LogP contribution >= 0.6 is 0 Å². The fraction of sp³-hybridized carbons (Fsp3) is 0.429. The molecule has 2 unspecified atom stereocenters. The zero-order chi connectivity index (χ0) is 15.0. The number of carboxylic acid groups (broad SMARTS) is 1. The number of amides is 1. The number of aliphatic hydroxyl groups is 1. The van der Waals surface area contributed by atoms with E-state index in [1.165, 1.54) is 0 Å². The molecule has 0 bridgehead atoms. The molecule has 0 aromatic heterocycles. The number of aliphatic hydroxyl groups excluding tert-OH is 1. The van der Waals surface area contributed by atoms with Gasteiger partial charge in [0.25, 0.3) is 0 Å². The second-order valence-corrected chi connectivity index (χ2v) is 4.35. The Labute approximate surface area is 117 Å². The maximum Gasteiger partial charge on any atom is 0.326 e. The molecule has 1 aromatic carbocycles. The number of rotatable bonds is 8. The Balaban J connectivity index is 2.44. The third-order valence-corrected chi connectivity index (χ3v) is 2.74. The van der Waals surface area contributed by atoms with Crippen molar-refractivity contribution in [3.8, 4) is 0 Å². The van der Waals surface area contributed by atoms with E-state index in [0.29, 0.717) is 0 Å². The van der Waals surface area contributed by atoms with E-state index >= 15 is 0 Å². The van der Waals surface area contributed by atoms with Gasteiger partial charge in [0, 0.05) is 13.0 Å². The Kier molecular flexibility index (Phi) is 6.69. The number of hydrogen-bond donors (Lipinski definition) is 3. The average Bonchev–Trinajstić information content (AvgIpc) is 2.45. The highest BCUT2D eigenvalue weighted by molar-refractivity contribution is 5.86. The summed E-state index contributed by atoms with van der Waals surface area (Å²) in [6.45, 7) is 1.51. The van der Waals surface area contributed by atoms with Gasteiger partial charge in [-0.2, -0.15) is 0 Å². The zero-order valence-electron chi connectivity index (χ0n) is 11.3. The molecule has 20 heavy (non-hydrogen) atoms. The summed E-state index contributed by atoms with van der Waals surface area (Å²) in [5, 5.41) is 19.9. The Morgan fingerprint density at radius 1 is 1.30 bits per heavy atom. The maximum atomic E-state index is 11.8. The van der Waals surface area contributed by atoms with Gasteiger partial charge in [-0.1, -0.05) is 30.3 Å². The third kappa shape index (κ3) is 5.38. The van der Waals surface area contributed by atoms with Crippen molar-refractivity contribution in [3.63, 3.8) is 0 Å². The van der Waals surface area contributed by atoms with Crippen LogP contribution in [0.5, 0.6) is 0 Å². The summed E-state index contributed by atoms with van der Waals surface area (Å²) < 4.78 is 5.38. The topological polar surface area (TPSA) is 95.9 Å². The molecule has 0 fully saturated rings. The van der Waals surface area contributed by atoms with Crippen LogP contribution in [0.3, 0.4) is 0 Å². The summed E-state index contributed by atoms with van der Waals surface area (Å²) in [6, 6.07) is 8.25. The molecule has 0 aliphatic heterocycles. The Morgan fingerprint density at radius 2 is 1.95 bits per heavy atom. The fourth-order valence-corrected chi connectivity index (χ4v) is 1.55. The molecular weight excluding hydrogens is 262 g/mol. The van der Waals surface area contributed by atoms with Gasteiger partial charge < -0.3 is 20.3 Å². The van der Waals surface area contributed by atoms with Gasteiger partial charge in [-0.3, -0.25) is 4.79 Å². The van der Waals surface area contributed by atoms with Crippen molar-refractivity contribution in [3.05, 3.63) is 35.9 Å². The van der Waals surface area contributed by atoms with Crippen molar-refractivity contribution >= 4 is 11.9 Å². The number of ether oxygens (including phenoxy) is 1. The summed E-state index contributed by atoms with van der Waals surface area (Å²) >= 11 is 0. The quantitative estimate of drug-likeness (QED) is 0.646. The highest BCUT2D eigenvalue weighted by Gasteiger charge is 2.22. The minimum absolute atomic E-state index is 0.0352. The third-order valence-electron chi connectivity index (χ3n) is 2.74. The fourth-order valence-electron chi connectivity index (χ4n) is 1.55. The SMILES string of the molecule is CC(OCc1ccccc1)C(=O)NC(CCO)C(=O)O. The van der Waals surface area contributed by atoms with Gasteiger partial charge >= 0.3 is 5.97 Å². The van der Waals surface area contributed by atoms with Crippen LogP contribution in [0, 0.1) is 0 Å². The van der Waals surface area contributed by atoms with Crippen molar-refractivity contribution in [2.75, 3.05) is 6.61 Å². The first-order valence-electron chi connectivity index (χ1n) is 6.34. The van der Waals surface area contributed by atoms with Crippen LogP contribution in [0.25, 0.3) is 0 Å². The van der Waals surface area contributed by atoms with Crippen LogP contribution in [0.1, 0.15) is 18.9 Å². The number of nitrogens with one attached hydrogen (secondary N) is 1. The lowest BCUT2D eigenvalue weighted by Gasteiger charge is -2.17. The van der Waals surface area contributed by atoms with Gasteiger partial charge in [0.2, 0.25) is 5.91 Å². The molecule has 1 amide bonds. The van der Waals surface area contributed by atoms with Crippen LogP contribution < -0.4 is 5.32 Å². The predicted molar refractivity (Wildman–Crippen MR) is 72.0 cm³/mol. The van der Waals surface area contributed by atoms with E-state index in [-0.39, 0.29) is 19.6 Å². The normalized spacial score (nSPS) is 13.5. The number of hydrogen-bond acceptors (Lipinski definition) is 4. The second kappa shape index (κ2) is 8.29. The van der Waals surface area contributed by atoms with Gasteiger partial charge in [0.1, 0.15) is 12.1 Å². The lowest BCUT2D eigenvalue weighted by atomic mass is 10.2. The maximum absolute atomic E-state index is 11.8. The first-order valence-corrected chi connectivity index (χ1v) is 6.34. The molecule has 0 heterocycles. The summed E-state index contributed by atoms with van der Waals surface area (Å²) in [7, 11) is 0. The van der Waals surface area contributed by atoms with Gasteiger partial charge in [-0.15, -0.1) is 0 Å². The van der Waals surface area contributed by atoms with Crippen LogP contribution in [-0.2, 0) is 20.9 Å². The Morgan fingerprint density at radius 3 is 2.50 bits per heavy atom. The molecule has 0 aliphatic rings. The smallest absolute Gasteiger partial charge is 0.326 e. The molecule has 0 saturated carbocycles. The molecule has 6 heteroatoms. The lowest BCUT2D eigenvalue weighted by molar-refractivity contribution is -0.144. The van der Waals surface area contributed by atoms with Crippen LogP contribution in [0.2, 0.25) is 0 Å². The number of benzene rings is 1.